The molecule has 0 amide bonds. The van der Waals surface area contributed by atoms with Crippen molar-refractivity contribution in [2.75, 3.05) is 12.3 Å². The van der Waals surface area contributed by atoms with Gasteiger partial charge < -0.3 is 15.6 Å². The van der Waals surface area contributed by atoms with Gasteiger partial charge in [0.2, 0.25) is 0 Å². The number of phenols is 1. The normalized spacial score (nSPS) is 11.0. The van der Waals surface area contributed by atoms with Crippen molar-refractivity contribution >= 4 is 17.5 Å². The number of anilines is 1. The zero-order chi connectivity index (χ0) is 18.2. The van der Waals surface area contributed by atoms with E-state index in [1.165, 1.54) is 6.08 Å². The predicted molar refractivity (Wildman–Crippen MR) is 102 cm³/mol. The lowest BCUT2D eigenvalue weighted by Crippen LogP contribution is -1.99. The molecule has 0 saturated carbocycles. The number of phenolic OH excluding ortho intramolecular Hbond substituents is 1. The number of nitrogen functional groups attached to an aromatic ring is 1. The maximum atomic E-state index is 12.3. The maximum absolute atomic E-state index is 12.3. The van der Waals surface area contributed by atoms with Gasteiger partial charge in [-0.1, -0.05) is 20.3 Å². The second-order valence-electron chi connectivity index (χ2n) is 5.94. The van der Waals surface area contributed by atoms with Crippen molar-refractivity contribution in [3.63, 3.8) is 0 Å². The molecule has 0 aliphatic carbocycles. The first-order chi connectivity index (χ1) is 12.0. The van der Waals surface area contributed by atoms with Crippen molar-refractivity contribution in [1.29, 1.82) is 0 Å². The molecule has 0 radical (unpaired) electrons. The lowest BCUT2D eigenvalue weighted by atomic mass is 10.0. The Morgan fingerprint density at radius 1 is 1.16 bits per heavy atom. The Labute approximate surface area is 148 Å². The van der Waals surface area contributed by atoms with Crippen LogP contribution in [0.15, 0.2) is 42.5 Å². The van der Waals surface area contributed by atoms with Crippen LogP contribution in [0.25, 0.3) is 6.08 Å². The smallest absolute Gasteiger partial charge is 0.185 e. The Kier molecular flexibility index (Phi) is 6.63. The fourth-order valence-electron chi connectivity index (χ4n) is 2.48. The molecule has 2 aromatic carbocycles. The van der Waals surface area contributed by atoms with Crippen molar-refractivity contribution in [3.8, 4) is 11.5 Å². The van der Waals surface area contributed by atoms with Crippen molar-refractivity contribution in [1.82, 2.24) is 0 Å². The molecule has 4 nitrogen and oxygen atoms in total. The molecule has 2 rings (SSSR count). The van der Waals surface area contributed by atoms with Crippen LogP contribution in [0.2, 0.25) is 0 Å². The molecule has 0 spiro atoms. The summed E-state index contributed by atoms with van der Waals surface area (Å²) < 4.78 is 5.71. The standard InChI is InChI=1S/C21H25NO3/c1-3-5-16-13-17(21(14-20(16)24)25-12-4-2)8-11-19(23)15-6-9-18(22)10-7-15/h6-11,13-14,24H,3-5,12,22H2,1-2H3/b11-8+. The van der Waals surface area contributed by atoms with E-state index in [0.29, 0.717) is 23.6 Å². The third-order valence-electron chi connectivity index (χ3n) is 3.80. The molecular weight excluding hydrogens is 314 g/mol. The fraction of sp³-hybridized carbons (Fsp3) is 0.286. The van der Waals surface area contributed by atoms with Gasteiger partial charge >= 0.3 is 0 Å². The summed E-state index contributed by atoms with van der Waals surface area (Å²) in [5, 5.41) is 10.1. The van der Waals surface area contributed by atoms with Crippen molar-refractivity contribution < 1.29 is 14.6 Å². The number of aryl methyl sites for hydroxylation is 1. The van der Waals surface area contributed by atoms with Gasteiger partial charge in [0.25, 0.3) is 0 Å². The number of aromatic hydroxyl groups is 1. The SMILES string of the molecule is CCCOc1cc(O)c(CCC)cc1/C=C/C(=O)c1ccc(N)cc1. The molecule has 0 heterocycles. The van der Waals surface area contributed by atoms with E-state index in [2.05, 4.69) is 6.92 Å². The number of carbonyl (C=O) groups is 1. The molecule has 0 fully saturated rings. The number of allylic oxidation sites excluding steroid dienone is 1. The molecule has 2 aromatic rings. The third kappa shape index (κ3) is 5.11. The van der Waals surface area contributed by atoms with E-state index in [-0.39, 0.29) is 11.5 Å². The Balaban J connectivity index is 2.29. The zero-order valence-corrected chi connectivity index (χ0v) is 14.8. The van der Waals surface area contributed by atoms with Crippen LogP contribution in [0.4, 0.5) is 5.69 Å². The summed E-state index contributed by atoms with van der Waals surface area (Å²) in [6.07, 6.45) is 5.82. The summed E-state index contributed by atoms with van der Waals surface area (Å²) >= 11 is 0. The average molecular weight is 339 g/mol. The lowest BCUT2D eigenvalue weighted by Gasteiger charge is -2.12. The predicted octanol–water partition coefficient (Wildman–Crippen LogP) is 4.61. The topological polar surface area (TPSA) is 72.5 Å². The number of benzene rings is 2. The van der Waals surface area contributed by atoms with Gasteiger partial charge in [-0.15, -0.1) is 0 Å². The van der Waals surface area contributed by atoms with Gasteiger partial charge in [-0.3, -0.25) is 4.79 Å². The van der Waals surface area contributed by atoms with Crippen LogP contribution in [0.5, 0.6) is 11.5 Å². The Morgan fingerprint density at radius 2 is 1.88 bits per heavy atom. The molecule has 0 aliphatic heterocycles. The highest BCUT2D eigenvalue weighted by Gasteiger charge is 2.09. The molecule has 0 bridgehead atoms. The van der Waals surface area contributed by atoms with Gasteiger partial charge in [-0.2, -0.15) is 0 Å². The first-order valence-electron chi connectivity index (χ1n) is 8.61. The van der Waals surface area contributed by atoms with Gasteiger partial charge in [0, 0.05) is 22.9 Å². The van der Waals surface area contributed by atoms with Crippen molar-refractivity contribution in [2.45, 2.75) is 33.1 Å². The first kappa shape index (κ1) is 18.6. The molecule has 0 aromatic heterocycles. The molecular formula is C21H25NO3. The van der Waals surface area contributed by atoms with Gasteiger partial charge in [0.15, 0.2) is 5.78 Å². The van der Waals surface area contributed by atoms with Crippen LogP contribution in [0.1, 0.15) is 48.2 Å². The summed E-state index contributed by atoms with van der Waals surface area (Å²) in [7, 11) is 0. The quantitative estimate of drug-likeness (QED) is 0.418. The van der Waals surface area contributed by atoms with E-state index in [0.717, 1.165) is 30.4 Å². The average Bonchev–Trinajstić information content (AvgIpc) is 2.61. The van der Waals surface area contributed by atoms with Gasteiger partial charge in [0.1, 0.15) is 11.5 Å². The van der Waals surface area contributed by atoms with Crippen LogP contribution in [0.3, 0.4) is 0 Å². The van der Waals surface area contributed by atoms with Crippen LogP contribution >= 0.6 is 0 Å². The first-order valence-corrected chi connectivity index (χ1v) is 8.61. The van der Waals surface area contributed by atoms with E-state index in [1.807, 2.05) is 13.0 Å². The summed E-state index contributed by atoms with van der Waals surface area (Å²) in [5.41, 5.74) is 8.49. The van der Waals surface area contributed by atoms with Crippen LogP contribution < -0.4 is 10.5 Å². The fourth-order valence-corrected chi connectivity index (χ4v) is 2.48. The maximum Gasteiger partial charge on any atom is 0.185 e. The van der Waals surface area contributed by atoms with E-state index in [9.17, 15) is 9.90 Å². The number of nitrogens with two attached hydrogens (primary N) is 1. The van der Waals surface area contributed by atoms with Gasteiger partial charge in [-0.05, 0) is 60.9 Å². The highest BCUT2D eigenvalue weighted by atomic mass is 16.5. The number of ether oxygens (including phenoxy) is 1. The van der Waals surface area contributed by atoms with Crippen LogP contribution in [0, 0.1) is 0 Å². The van der Waals surface area contributed by atoms with Gasteiger partial charge in [-0.25, -0.2) is 0 Å². The molecule has 3 N–H and O–H groups in total. The van der Waals surface area contributed by atoms with Crippen molar-refractivity contribution in [2.24, 2.45) is 0 Å². The lowest BCUT2D eigenvalue weighted by molar-refractivity contribution is 0.104. The number of ketones is 1. The highest BCUT2D eigenvalue weighted by Crippen LogP contribution is 2.30. The number of rotatable bonds is 8. The highest BCUT2D eigenvalue weighted by molar-refractivity contribution is 6.07. The zero-order valence-electron chi connectivity index (χ0n) is 14.8. The molecule has 0 atom stereocenters. The summed E-state index contributed by atoms with van der Waals surface area (Å²) in [6, 6.07) is 10.3. The Morgan fingerprint density at radius 3 is 2.52 bits per heavy atom. The van der Waals surface area contributed by atoms with E-state index >= 15 is 0 Å². The Bertz CT molecular complexity index is 748. The molecule has 4 heteroatoms. The molecule has 132 valence electrons. The van der Waals surface area contributed by atoms with Crippen LogP contribution in [-0.4, -0.2) is 17.5 Å². The largest absolute Gasteiger partial charge is 0.508 e. The number of hydrogen-bond donors (Lipinski definition) is 2. The minimum Gasteiger partial charge on any atom is -0.508 e. The summed E-state index contributed by atoms with van der Waals surface area (Å²) in [5.74, 6) is 0.710. The second kappa shape index (κ2) is 8.92. The number of carbonyl (C=O) groups excluding carboxylic acids is 1. The van der Waals surface area contributed by atoms with Crippen LogP contribution in [-0.2, 0) is 6.42 Å². The van der Waals surface area contributed by atoms with Crippen molar-refractivity contribution in [3.05, 3.63) is 59.2 Å². The Hall–Kier alpha value is -2.75. The third-order valence-corrected chi connectivity index (χ3v) is 3.80. The minimum atomic E-state index is -0.105. The second-order valence-corrected chi connectivity index (χ2v) is 5.94. The summed E-state index contributed by atoms with van der Waals surface area (Å²) in [6.45, 7) is 4.63. The summed E-state index contributed by atoms with van der Waals surface area (Å²) in [4.78, 5) is 12.3. The number of hydrogen-bond acceptors (Lipinski definition) is 4. The van der Waals surface area contributed by atoms with E-state index in [1.54, 1.807) is 36.4 Å². The van der Waals surface area contributed by atoms with E-state index < -0.39 is 0 Å². The molecule has 25 heavy (non-hydrogen) atoms. The van der Waals surface area contributed by atoms with Gasteiger partial charge in [0.05, 0.1) is 6.61 Å². The molecule has 0 unspecified atom stereocenters. The monoisotopic (exact) mass is 339 g/mol. The minimum absolute atomic E-state index is 0.105. The molecule has 0 aliphatic rings. The van der Waals surface area contributed by atoms with E-state index in [4.69, 9.17) is 10.5 Å². The molecule has 0 saturated heterocycles.